The Balaban J connectivity index is 1.65. The van der Waals surface area contributed by atoms with Crippen LogP contribution in [0.25, 0.3) is 36.5 Å². The van der Waals surface area contributed by atoms with Gasteiger partial charge in [-0.3, -0.25) is 0 Å². The molecule has 0 radical (unpaired) electrons. The van der Waals surface area contributed by atoms with Crippen molar-refractivity contribution >= 4 is 70.5 Å². The zero-order valence-electron chi connectivity index (χ0n) is 26.9. The summed E-state index contributed by atoms with van der Waals surface area (Å²) in [4.78, 5) is 5.96. The Labute approximate surface area is 290 Å². The number of nitrogens with zero attached hydrogens (tertiary/aromatic N) is 4. The third-order valence-corrected chi connectivity index (χ3v) is 10.9. The maximum atomic E-state index is 9.27. The first-order valence-corrected chi connectivity index (χ1v) is 18.6. The molecule has 3 aromatic rings. The molecule has 47 heavy (non-hydrogen) atoms. The van der Waals surface area contributed by atoms with Crippen molar-refractivity contribution in [1.29, 1.82) is 21.0 Å². The first-order valence-electron chi connectivity index (χ1n) is 16.1. The number of ether oxygens (including phenoxy) is 2. The lowest BCUT2D eigenvalue weighted by Crippen LogP contribution is -2.14. The lowest BCUT2D eigenvalue weighted by Gasteiger charge is -2.16. The molecule has 0 atom stereocenters. The van der Waals surface area contributed by atoms with Gasteiger partial charge in [0.1, 0.15) is 48.6 Å². The number of rotatable bonds is 16. The van der Waals surface area contributed by atoms with Crippen molar-refractivity contribution < 1.29 is 9.47 Å². The van der Waals surface area contributed by atoms with E-state index in [1.165, 1.54) is 49.7 Å². The van der Waals surface area contributed by atoms with Crippen molar-refractivity contribution in [1.82, 2.24) is 0 Å². The molecule has 0 amide bonds. The molecule has 0 bridgehead atoms. The lowest BCUT2D eigenvalue weighted by atomic mass is 10.1. The zero-order valence-corrected chi connectivity index (χ0v) is 29.4. The van der Waals surface area contributed by atoms with E-state index in [2.05, 4.69) is 50.3 Å². The van der Waals surface area contributed by atoms with E-state index in [1.807, 2.05) is 24.3 Å². The van der Waals surface area contributed by atoms with Gasteiger partial charge in [-0.15, -0.1) is 34.0 Å². The van der Waals surface area contributed by atoms with E-state index in [0.717, 1.165) is 66.4 Å². The molecule has 4 rings (SSSR count). The quantitative estimate of drug-likeness (QED) is 0.110. The van der Waals surface area contributed by atoms with Gasteiger partial charge in [-0.1, -0.05) is 52.4 Å². The van der Waals surface area contributed by atoms with Crippen LogP contribution in [0.15, 0.2) is 23.3 Å². The van der Waals surface area contributed by atoms with E-state index in [0.29, 0.717) is 13.2 Å². The van der Waals surface area contributed by atoms with Crippen LogP contribution in [0.1, 0.15) is 106 Å². The first-order chi connectivity index (χ1) is 23.0. The Hall–Kier alpha value is -4.38. The number of thiophene rings is 3. The van der Waals surface area contributed by atoms with Gasteiger partial charge in [0.25, 0.3) is 0 Å². The summed E-state index contributed by atoms with van der Waals surface area (Å²) < 4.78 is 12.2. The minimum Gasteiger partial charge on any atom is -0.485 e. The van der Waals surface area contributed by atoms with E-state index in [9.17, 15) is 21.0 Å². The highest BCUT2D eigenvalue weighted by Gasteiger charge is 2.22. The van der Waals surface area contributed by atoms with Crippen LogP contribution in [0.2, 0.25) is 0 Å². The van der Waals surface area contributed by atoms with Crippen LogP contribution in [-0.2, 0) is 12.8 Å². The van der Waals surface area contributed by atoms with Crippen molar-refractivity contribution in [2.75, 3.05) is 13.2 Å². The molecule has 3 aromatic heterocycles. The fourth-order valence-corrected chi connectivity index (χ4v) is 8.33. The standard InChI is InChI=1S/C38H38N4O2S3/c1-3-5-7-9-11-29-21-31(19-27(23-39)24-40)45-33(29)13-15-35-37-38(44-18-17-43-37)36(47-35)16-14-34-30(12-10-8-6-4-2)22-32(46-34)20-28(25-41)26-42/h13-16,19-22H,3-12,17-18H2,1-2H3/b15-13+,16-14+. The number of fused-ring (bicyclic) bond motifs is 1. The Morgan fingerprint density at radius 3 is 1.38 bits per heavy atom. The second-order valence-corrected chi connectivity index (χ2v) is 14.4. The normalized spacial score (nSPS) is 12.0. The second kappa shape index (κ2) is 18.7. The monoisotopic (exact) mass is 678 g/mol. The van der Waals surface area contributed by atoms with Gasteiger partial charge in [0.2, 0.25) is 0 Å². The lowest BCUT2D eigenvalue weighted by molar-refractivity contribution is 0.173. The molecule has 240 valence electrons. The minimum atomic E-state index is 0.0992. The Bertz CT molecular complexity index is 1660. The maximum Gasteiger partial charge on any atom is 0.180 e. The van der Waals surface area contributed by atoms with Crippen molar-refractivity contribution in [2.45, 2.75) is 78.1 Å². The van der Waals surface area contributed by atoms with Crippen LogP contribution in [0, 0.1) is 45.3 Å². The molecule has 0 unspecified atom stereocenters. The van der Waals surface area contributed by atoms with E-state index in [1.54, 1.807) is 46.2 Å². The SMILES string of the molecule is CCCCCCc1cc(C=C(C#N)C#N)sc1/C=C/c1sc(/C=C/c2sc(C=C(C#N)C#N)cc2CCCCCC)c2c1OCCO2. The number of hydrogen-bond donors (Lipinski definition) is 0. The van der Waals surface area contributed by atoms with Crippen molar-refractivity contribution in [3.05, 3.63) is 63.7 Å². The smallest absolute Gasteiger partial charge is 0.180 e. The third kappa shape index (κ3) is 10.1. The predicted octanol–water partition coefficient (Wildman–Crippen LogP) is 11.1. The molecule has 0 saturated heterocycles. The zero-order chi connectivity index (χ0) is 33.4. The van der Waals surface area contributed by atoms with Gasteiger partial charge in [0.15, 0.2) is 11.5 Å². The largest absolute Gasteiger partial charge is 0.485 e. The summed E-state index contributed by atoms with van der Waals surface area (Å²) in [7, 11) is 0. The molecule has 1 aliphatic heterocycles. The predicted molar refractivity (Wildman–Crippen MR) is 196 cm³/mol. The summed E-state index contributed by atoms with van der Waals surface area (Å²) in [6, 6.07) is 12.1. The molecule has 0 aliphatic carbocycles. The van der Waals surface area contributed by atoms with Gasteiger partial charge in [0, 0.05) is 19.5 Å². The summed E-state index contributed by atoms with van der Waals surface area (Å²) in [6.07, 6.45) is 22.9. The molecule has 4 heterocycles. The number of unbranched alkanes of at least 4 members (excludes halogenated alkanes) is 6. The van der Waals surface area contributed by atoms with Crippen molar-refractivity contribution in [2.24, 2.45) is 0 Å². The summed E-state index contributed by atoms with van der Waals surface area (Å²) in [5, 5.41) is 37.1. The van der Waals surface area contributed by atoms with Crippen molar-refractivity contribution in [3.63, 3.8) is 0 Å². The molecule has 0 fully saturated rings. The van der Waals surface area contributed by atoms with Crippen LogP contribution < -0.4 is 9.47 Å². The fraction of sp³-hybridized carbons (Fsp3) is 0.368. The Morgan fingerprint density at radius 2 is 1.00 bits per heavy atom. The van der Waals surface area contributed by atoms with Gasteiger partial charge in [0.05, 0.1) is 9.75 Å². The molecule has 0 saturated carbocycles. The molecular weight excluding hydrogens is 641 g/mol. The second-order valence-electron chi connectivity index (χ2n) is 11.1. The molecule has 6 nitrogen and oxygen atoms in total. The van der Waals surface area contributed by atoms with Crippen LogP contribution in [0.4, 0.5) is 0 Å². The highest BCUT2D eigenvalue weighted by Crippen LogP contribution is 2.46. The number of allylic oxidation sites excluding steroid dienone is 2. The van der Waals surface area contributed by atoms with Crippen LogP contribution in [0.5, 0.6) is 11.5 Å². The summed E-state index contributed by atoms with van der Waals surface area (Å²) in [5.41, 5.74) is 2.64. The summed E-state index contributed by atoms with van der Waals surface area (Å²) >= 11 is 4.78. The number of aryl methyl sites for hydroxylation is 2. The van der Waals surface area contributed by atoms with Crippen molar-refractivity contribution in [3.8, 4) is 35.8 Å². The van der Waals surface area contributed by atoms with Crippen LogP contribution >= 0.6 is 34.0 Å². The van der Waals surface area contributed by atoms with Crippen LogP contribution in [0.3, 0.4) is 0 Å². The Morgan fingerprint density at radius 1 is 0.596 bits per heavy atom. The number of nitriles is 4. The minimum absolute atomic E-state index is 0.0992. The van der Waals surface area contributed by atoms with Gasteiger partial charge in [-0.2, -0.15) is 21.0 Å². The molecule has 9 heteroatoms. The molecule has 1 aliphatic rings. The average molecular weight is 679 g/mol. The molecule has 0 N–H and O–H groups in total. The van der Waals surface area contributed by atoms with E-state index < -0.39 is 0 Å². The first kappa shape index (κ1) is 35.5. The highest BCUT2D eigenvalue weighted by molar-refractivity contribution is 7.15. The van der Waals surface area contributed by atoms with E-state index in [4.69, 9.17) is 9.47 Å². The highest BCUT2D eigenvalue weighted by atomic mass is 32.1. The number of hydrogen-bond acceptors (Lipinski definition) is 9. The van der Waals surface area contributed by atoms with Gasteiger partial charge in [-0.05, 0) is 85.4 Å². The molecular formula is C38H38N4O2S3. The molecule has 0 aromatic carbocycles. The van der Waals surface area contributed by atoms with Gasteiger partial charge in [-0.25, -0.2) is 0 Å². The van der Waals surface area contributed by atoms with E-state index in [-0.39, 0.29) is 11.1 Å². The maximum absolute atomic E-state index is 9.27. The molecule has 0 spiro atoms. The third-order valence-electron chi connectivity index (χ3n) is 7.60. The van der Waals surface area contributed by atoms with E-state index >= 15 is 0 Å². The Kier molecular flexibility index (Phi) is 14.1. The topological polar surface area (TPSA) is 114 Å². The van der Waals surface area contributed by atoms with Crippen LogP contribution in [-0.4, -0.2) is 13.2 Å². The summed E-state index contributed by atoms with van der Waals surface area (Å²) in [5.74, 6) is 1.49. The van der Waals surface area contributed by atoms with Gasteiger partial charge >= 0.3 is 0 Å². The van der Waals surface area contributed by atoms with Gasteiger partial charge < -0.3 is 9.47 Å². The average Bonchev–Trinajstić information content (AvgIpc) is 3.79. The fourth-order valence-electron chi connectivity index (χ4n) is 5.21. The summed E-state index contributed by atoms with van der Waals surface area (Å²) in [6.45, 7) is 5.37.